The van der Waals surface area contributed by atoms with Crippen molar-refractivity contribution in [2.75, 3.05) is 6.61 Å². The van der Waals surface area contributed by atoms with Crippen LogP contribution in [0.15, 0.2) is 0 Å². The fourth-order valence-electron chi connectivity index (χ4n) is 0.531. The Morgan fingerprint density at radius 1 is 1.18 bits per heavy atom. The average Bonchev–Trinajstić information content (AvgIpc) is 1.80. The van der Waals surface area contributed by atoms with Crippen LogP contribution in [0.5, 0.6) is 0 Å². The van der Waals surface area contributed by atoms with Gasteiger partial charge in [0.25, 0.3) is 0 Å². The molecule has 6 heteroatoms. The van der Waals surface area contributed by atoms with Crippen LogP contribution < -0.4 is 0 Å². The number of alkyl halides is 5. The first-order chi connectivity index (χ1) is 4.87. The lowest BCUT2D eigenvalue weighted by Crippen LogP contribution is -2.23. The van der Waals surface area contributed by atoms with E-state index in [2.05, 4.69) is 0 Å². The minimum atomic E-state index is -4.64. The summed E-state index contributed by atoms with van der Waals surface area (Å²) in [5.74, 6) is -1.99. The van der Waals surface area contributed by atoms with Crippen LogP contribution in [0.25, 0.3) is 0 Å². The molecule has 0 radical (unpaired) electrons. The highest BCUT2D eigenvalue weighted by molar-refractivity contribution is 4.64. The first-order valence-corrected chi connectivity index (χ1v) is 2.82. The van der Waals surface area contributed by atoms with Gasteiger partial charge in [-0.2, -0.15) is 13.2 Å². The van der Waals surface area contributed by atoms with Crippen molar-refractivity contribution in [1.82, 2.24) is 0 Å². The van der Waals surface area contributed by atoms with Crippen LogP contribution in [-0.4, -0.2) is 24.3 Å². The van der Waals surface area contributed by atoms with E-state index in [1.165, 1.54) is 0 Å². The summed E-state index contributed by atoms with van der Waals surface area (Å²) in [5, 5.41) is 8.08. The number of halogens is 5. The predicted octanol–water partition coefficient (Wildman–Crippen LogP) is 1.81. The van der Waals surface area contributed by atoms with E-state index < -0.39 is 31.5 Å². The molecular weight excluding hydrogens is 171 g/mol. The monoisotopic (exact) mass is 178 g/mol. The third-order valence-corrected chi connectivity index (χ3v) is 1.08. The Morgan fingerprint density at radius 3 is 1.73 bits per heavy atom. The van der Waals surface area contributed by atoms with Crippen LogP contribution >= 0.6 is 0 Å². The maximum Gasteiger partial charge on any atom is 0.389 e. The van der Waals surface area contributed by atoms with Gasteiger partial charge in [-0.1, -0.05) is 0 Å². The fourth-order valence-corrected chi connectivity index (χ4v) is 0.531. The van der Waals surface area contributed by atoms with Crippen LogP contribution in [0.2, 0.25) is 0 Å². The van der Waals surface area contributed by atoms with Crippen LogP contribution in [0.4, 0.5) is 22.0 Å². The molecular formula is C5H7F5O. The van der Waals surface area contributed by atoms with Gasteiger partial charge in [0, 0.05) is 0 Å². The minimum absolute atomic E-state index is 1.14. The van der Waals surface area contributed by atoms with Gasteiger partial charge in [-0.15, -0.1) is 0 Å². The van der Waals surface area contributed by atoms with E-state index in [1.807, 2.05) is 0 Å². The van der Waals surface area contributed by atoms with Gasteiger partial charge in [-0.05, 0) is 0 Å². The number of aliphatic hydroxyl groups is 1. The number of hydrogen-bond acceptors (Lipinski definition) is 1. The Hall–Kier alpha value is -0.390. The molecule has 0 heterocycles. The van der Waals surface area contributed by atoms with Crippen molar-refractivity contribution >= 4 is 0 Å². The largest absolute Gasteiger partial charge is 0.396 e. The number of rotatable bonds is 3. The third kappa shape index (κ3) is 4.94. The van der Waals surface area contributed by atoms with Crippen LogP contribution in [0, 0.1) is 5.92 Å². The zero-order chi connectivity index (χ0) is 9.07. The summed E-state index contributed by atoms with van der Waals surface area (Å²) < 4.78 is 57.4. The molecule has 68 valence electrons. The van der Waals surface area contributed by atoms with E-state index in [-0.39, 0.29) is 0 Å². The first-order valence-electron chi connectivity index (χ1n) is 2.82. The lowest BCUT2D eigenvalue weighted by Gasteiger charge is -2.14. The normalized spacial score (nSPS) is 15.5. The van der Waals surface area contributed by atoms with Gasteiger partial charge in [-0.3, -0.25) is 0 Å². The molecule has 0 rings (SSSR count). The zero-order valence-corrected chi connectivity index (χ0v) is 5.41. The molecule has 0 saturated carbocycles. The Balaban J connectivity index is 3.88. The summed E-state index contributed by atoms with van der Waals surface area (Å²) >= 11 is 0. The van der Waals surface area contributed by atoms with E-state index in [0.717, 1.165) is 0 Å². The van der Waals surface area contributed by atoms with Gasteiger partial charge < -0.3 is 5.11 Å². The van der Waals surface area contributed by atoms with Crippen molar-refractivity contribution in [2.45, 2.75) is 19.0 Å². The quantitative estimate of drug-likeness (QED) is 0.653. The van der Waals surface area contributed by atoms with Gasteiger partial charge in [0.1, 0.15) is 0 Å². The molecule has 0 aromatic heterocycles. The molecule has 0 amide bonds. The molecule has 1 unspecified atom stereocenters. The van der Waals surface area contributed by atoms with Crippen LogP contribution in [-0.2, 0) is 0 Å². The topological polar surface area (TPSA) is 20.2 Å². The molecule has 0 aromatic rings. The fraction of sp³-hybridized carbons (Fsp3) is 1.00. The lowest BCUT2D eigenvalue weighted by molar-refractivity contribution is -0.159. The number of aliphatic hydroxyl groups excluding tert-OH is 1. The maximum atomic E-state index is 11.6. The van der Waals surface area contributed by atoms with E-state index in [1.54, 1.807) is 0 Å². The van der Waals surface area contributed by atoms with Gasteiger partial charge in [0.2, 0.25) is 6.43 Å². The summed E-state index contributed by atoms with van der Waals surface area (Å²) in [7, 11) is 0. The molecule has 0 aliphatic carbocycles. The van der Waals surface area contributed by atoms with Gasteiger partial charge in [-0.25, -0.2) is 8.78 Å². The van der Waals surface area contributed by atoms with Gasteiger partial charge in [0.05, 0.1) is 18.9 Å². The number of hydrogen-bond donors (Lipinski definition) is 1. The second-order valence-corrected chi connectivity index (χ2v) is 2.10. The molecule has 0 spiro atoms. The van der Waals surface area contributed by atoms with Crippen molar-refractivity contribution in [2.24, 2.45) is 5.92 Å². The molecule has 11 heavy (non-hydrogen) atoms. The Bertz CT molecular complexity index is 110. The zero-order valence-electron chi connectivity index (χ0n) is 5.41. The summed E-state index contributed by atoms with van der Waals surface area (Å²) in [5.41, 5.74) is 0. The van der Waals surface area contributed by atoms with Crippen molar-refractivity contribution in [3.8, 4) is 0 Å². The SMILES string of the molecule is OCC(CC(F)(F)F)C(F)F. The smallest absolute Gasteiger partial charge is 0.389 e. The molecule has 0 aliphatic heterocycles. The van der Waals surface area contributed by atoms with Crippen molar-refractivity contribution in [3.05, 3.63) is 0 Å². The second-order valence-electron chi connectivity index (χ2n) is 2.10. The molecule has 0 aliphatic rings. The Morgan fingerprint density at radius 2 is 1.64 bits per heavy atom. The van der Waals surface area contributed by atoms with Gasteiger partial charge in [0.15, 0.2) is 0 Å². The van der Waals surface area contributed by atoms with Crippen LogP contribution in [0.1, 0.15) is 6.42 Å². The van der Waals surface area contributed by atoms with Crippen molar-refractivity contribution < 1.29 is 27.1 Å². The summed E-state index contributed by atoms with van der Waals surface area (Å²) in [6, 6.07) is 0. The molecule has 0 aromatic carbocycles. The summed E-state index contributed by atoms with van der Waals surface area (Å²) in [6.07, 6.45) is -9.40. The van der Waals surface area contributed by atoms with E-state index in [4.69, 9.17) is 5.11 Å². The maximum absolute atomic E-state index is 11.6. The third-order valence-electron chi connectivity index (χ3n) is 1.08. The standard InChI is InChI=1S/C5H7F5O/c6-4(7)3(2-11)1-5(8,9)10/h3-4,11H,1-2H2. The average molecular weight is 178 g/mol. The Labute approximate surface area is 59.8 Å². The molecule has 0 fully saturated rings. The Kier molecular flexibility index (Phi) is 3.71. The first kappa shape index (κ1) is 10.6. The summed E-state index contributed by atoms with van der Waals surface area (Å²) in [6.45, 7) is -1.14. The van der Waals surface area contributed by atoms with E-state index in [0.29, 0.717) is 0 Å². The highest BCUT2D eigenvalue weighted by atomic mass is 19.4. The highest BCUT2D eigenvalue weighted by Crippen LogP contribution is 2.27. The predicted molar refractivity (Wildman–Crippen MR) is 27.3 cm³/mol. The van der Waals surface area contributed by atoms with E-state index in [9.17, 15) is 22.0 Å². The molecule has 1 atom stereocenters. The lowest BCUT2D eigenvalue weighted by atomic mass is 10.1. The molecule has 1 N–H and O–H groups in total. The summed E-state index contributed by atoms with van der Waals surface area (Å²) in [4.78, 5) is 0. The van der Waals surface area contributed by atoms with Crippen LogP contribution in [0.3, 0.4) is 0 Å². The molecule has 1 nitrogen and oxygen atoms in total. The molecule has 0 saturated heterocycles. The minimum Gasteiger partial charge on any atom is -0.396 e. The van der Waals surface area contributed by atoms with E-state index >= 15 is 0 Å². The second kappa shape index (κ2) is 3.85. The highest BCUT2D eigenvalue weighted by Gasteiger charge is 2.35. The molecule has 0 bridgehead atoms. The van der Waals surface area contributed by atoms with Gasteiger partial charge >= 0.3 is 6.18 Å². The van der Waals surface area contributed by atoms with Crippen molar-refractivity contribution in [3.63, 3.8) is 0 Å². The van der Waals surface area contributed by atoms with Crippen molar-refractivity contribution in [1.29, 1.82) is 0 Å².